The highest BCUT2D eigenvalue weighted by Crippen LogP contribution is 2.32. The van der Waals surface area contributed by atoms with Gasteiger partial charge in [-0.15, -0.1) is 0 Å². The fourth-order valence-corrected chi connectivity index (χ4v) is 2.82. The van der Waals surface area contributed by atoms with Crippen molar-refractivity contribution in [2.24, 2.45) is 0 Å². The zero-order valence-electron chi connectivity index (χ0n) is 10.3. The smallest absolute Gasteiger partial charge is 0.0837 e. The number of nitrogens with one attached hydrogen (secondary N) is 1. The average molecular weight is 329 g/mol. The standard InChI is InChI=1S/C13H15BrClN3/c1-3-18-13(11(15)8-17-18)12(16-2)9-6-4-5-7-10(9)14/h4-8,12,16H,3H2,1-2H3. The van der Waals surface area contributed by atoms with Crippen molar-refractivity contribution >= 4 is 27.5 Å². The van der Waals surface area contributed by atoms with E-state index in [0.717, 1.165) is 22.3 Å². The fraction of sp³-hybridized carbons (Fsp3) is 0.308. The summed E-state index contributed by atoms with van der Waals surface area (Å²) in [5.74, 6) is 0. The van der Waals surface area contributed by atoms with Crippen LogP contribution in [0, 0.1) is 0 Å². The minimum Gasteiger partial charge on any atom is -0.308 e. The highest BCUT2D eigenvalue weighted by molar-refractivity contribution is 9.10. The summed E-state index contributed by atoms with van der Waals surface area (Å²) >= 11 is 9.84. The first-order valence-electron chi connectivity index (χ1n) is 5.82. The Bertz CT molecular complexity index is 539. The maximum absolute atomic E-state index is 6.26. The minimum atomic E-state index is 0.0236. The van der Waals surface area contributed by atoms with Gasteiger partial charge in [-0.05, 0) is 25.6 Å². The molecular weight excluding hydrogens is 314 g/mol. The Morgan fingerprint density at radius 1 is 1.44 bits per heavy atom. The van der Waals surface area contributed by atoms with E-state index in [4.69, 9.17) is 11.6 Å². The SMILES string of the molecule is CCn1ncc(Cl)c1C(NC)c1ccccc1Br. The molecule has 18 heavy (non-hydrogen) atoms. The number of hydrogen-bond donors (Lipinski definition) is 1. The van der Waals surface area contributed by atoms with Crippen molar-refractivity contribution in [3.63, 3.8) is 0 Å². The van der Waals surface area contributed by atoms with Crippen LogP contribution >= 0.6 is 27.5 Å². The Morgan fingerprint density at radius 2 is 2.17 bits per heavy atom. The van der Waals surface area contributed by atoms with Gasteiger partial charge in [-0.1, -0.05) is 45.7 Å². The van der Waals surface area contributed by atoms with Gasteiger partial charge in [0.2, 0.25) is 0 Å². The van der Waals surface area contributed by atoms with Crippen LogP contribution in [-0.4, -0.2) is 16.8 Å². The maximum Gasteiger partial charge on any atom is 0.0837 e. The Balaban J connectivity index is 2.52. The van der Waals surface area contributed by atoms with Crippen molar-refractivity contribution in [3.05, 3.63) is 51.2 Å². The first kappa shape index (κ1) is 13.6. The predicted molar refractivity (Wildman–Crippen MR) is 78.0 cm³/mol. The van der Waals surface area contributed by atoms with E-state index in [1.165, 1.54) is 0 Å². The second-order valence-electron chi connectivity index (χ2n) is 3.94. The molecule has 0 amide bonds. The van der Waals surface area contributed by atoms with Gasteiger partial charge < -0.3 is 5.32 Å². The van der Waals surface area contributed by atoms with Crippen molar-refractivity contribution in [2.45, 2.75) is 19.5 Å². The van der Waals surface area contributed by atoms with Crippen LogP contribution in [0.1, 0.15) is 24.2 Å². The molecule has 0 saturated heterocycles. The Morgan fingerprint density at radius 3 is 2.78 bits per heavy atom. The van der Waals surface area contributed by atoms with Gasteiger partial charge in [0.1, 0.15) is 0 Å². The molecule has 2 aromatic rings. The number of hydrogen-bond acceptors (Lipinski definition) is 2. The molecule has 0 saturated carbocycles. The summed E-state index contributed by atoms with van der Waals surface area (Å²) in [6.45, 7) is 2.85. The van der Waals surface area contributed by atoms with E-state index in [9.17, 15) is 0 Å². The molecule has 1 heterocycles. The lowest BCUT2D eigenvalue weighted by Crippen LogP contribution is -2.22. The second kappa shape index (κ2) is 5.87. The van der Waals surface area contributed by atoms with Gasteiger partial charge >= 0.3 is 0 Å². The zero-order chi connectivity index (χ0) is 13.1. The average Bonchev–Trinajstić information content (AvgIpc) is 2.74. The third kappa shape index (κ3) is 2.46. The minimum absolute atomic E-state index is 0.0236. The molecule has 2 rings (SSSR count). The van der Waals surface area contributed by atoms with E-state index in [0.29, 0.717) is 5.02 Å². The maximum atomic E-state index is 6.26. The number of rotatable bonds is 4. The molecule has 0 aliphatic heterocycles. The topological polar surface area (TPSA) is 29.9 Å². The monoisotopic (exact) mass is 327 g/mol. The van der Waals surface area contributed by atoms with Gasteiger partial charge in [0.25, 0.3) is 0 Å². The van der Waals surface area contributed by atoms with E-state index >= 15 is 0 Å². The number of halogens is 2. The Hall–Kier alpha value is -0.840. The van der Waals surface area contributed by atoms with E-state index in [-0.39, 0.29) is 6.04 Å². The van der Waals surface area contributed by atoms with Gasteiger partial charge in [0, 0.05) is 11.0 Å². The summed E-state index contributed by atoms with van der Waals surface area (Å²) in [6.07, 6.45) is 1.70. The third-order valence-electron chi connectivity index (χ3n) is 2.91. The normalized spacial score (nSPS) is 12.7. The molecular formula is C13H15BrClN3. The molecule has 5 heteroatoms. The third-order valence-corrected chi connectivity index (χ3v) is 3.92. The van der Waals surface area contributed by atoms with Crippen LogP contribution in [0.15, 0.2) is 34.9 Å². The fourth-order valence-electron chi connectivity index (χ4n) is 2.06. The van der Waals surface area contributed by atoms with Crippen LogP contribution in [0.4, 0.5) is 0 Å². The van der Waals surface area contributed by atoms with Gasteiger partial charge in [-0.3, -0.25) is 4.68 Å². The van der Waals surface area contributed by atoms with Crippen LogP contribution < -0.4 is 5.32 Å². The molecule has 96 valence electrons. The summed E-state index contributed by atoms with van der Waals surface area (Å²) in [4.78, 5) is 0. The lowest BCUT2D eigenvalue weighted by molar-refractivity contribution is 0.562. The van der Waals surface area contributed by atoms with Gasteiger partial charge in [-0.2, -0.15) is 5.10 Å². The molecule has 1 aromatic carbocycles. The van der Waals surface area contributed by atoms with Crippen molar-refractivity contribution in [1.82, 2.24) is 15.1 Å². The number of benzene rings is 1. The zero-order valence-corrected chi connectivity index (χ0v) is 12.7. The lowest BCUT2D eigenvalue weighted by atomic mass is 10.0. The molecule has 1 unspecified atom stereocenters. The molecule has 3 nitrogen and oxygen atoms in total. The number of aryl methyl sites for hydroxylation is 1. The molecule has 0 spiro atoms. The van der Waals surface area contributed by atoms with Crippen LogP contribution in [0.25, 0.3) is 0 Å². The molecule has 0 bridgehead atoms. The molecule has 0 fully saturated rings. The highest BCUT2D eigenvalue weighted by atomic mass is 79.9. The van der Waals surface area contributed by atoms with E-state index < -0.39 is 0 Å². The molecule has 0 radical (unpaired) electrons. The first-order chi connectivity index (χ1) is 8.69. The van der Waals surface area contributed by atoms with E-state index in [2.05, 4.69) is 39.3 Å². The van der Waals surface area contributed by atoms with Crippen molar-refractivity contribution < 1.29 is 0 Å². The van der Waals surface area contributed by atoms with Crippen LogP contribution in [-0.2, 0) is 6.54 Å². The Labute approximate surface area is 120 Å². The molecule has 0 aliphatic rings. The predicted octanol–water partition coefficient (Wildman–Crippen LogP) is 3.63. The highest BCUT2D eigenvalue weighted by Gasteiger charge is 2.21. The van der Waals surface area contributed by atoms with Crippen LogP contribution in [0.2, 0.25) is 5.02 Å². The van der Waals surface area contributed by atoms with Crippen molar-refractivity contribution in [1.29, 1.82) is 0 Å². The summed E-state index contributed by atoms with van der Waals surface area (Å²) in [7, 11) is 1.92. The largest absolute Gasteiger partial charge is 0.308 e. The van der Waals surface area contributed by atoms with Gasteiger partial charge in [-0.25, -0.2) is 0 Å². The van der Waals surface area contributed by atoms with Gasteiger partial charge in [0.15, 0.2) is 0 Å². The number of nitrogens with zero attached hydrogens (tertiary/aromatic N) is 2. The first-order valence-corrected chi connectivity index (χ1v) is 6.99. The summed E-state index contributed by atoms with van der Waals surface area (Å²) in [5, 5.41) is 8.28. The Kier molecular flexibility index (Phi) is 4.43. The van der Waals surface area contributed by atoms with Crippen molar-refractivity contribution in [2.75, 3.05) is 7.05 Å². The molecule has 0 aliphatic carbocycles. The van der Waals surface area contributed by atoms with Crippen LogP contribution in [0.5, 0.6) is 0 Å². The van der Waals surface area contributed by atoms with Crippen molar-refractivity contribution in [3.8, 4) is 0 Å². The number of aromatic nitrogens is 2. The molecule has 1 atom stereocenters. The second-order valence-corrected chi connectivity index (χ2v) is 5.20. The van der Waals surface area contributed by atoms with E-state index in [1.807, 2.05) is 29.9 Å². The quantitative estimate of drug-likeness (QED) is 0.929. The van der Waals surface area contributed by atoms with E-state index in [1.54, 1.807) is 6.20 Å². The lowest BCUT2D eigenvalue weighted by Gasteiger charge is -2.20. The van der Waals surface area contributed by atoms with Crippen LogP contribution in [0.3, 0.4) is 0 Å². The molecule has 1 N–H and O–H groups in total. The molecule has 1 aromatic heterocycles. The summed E-state index contributed by atoms with van der Waals surface area (Å²) in [6, 6.07) is 8.15. The summed E-state index contributed by atoms with van der Waals surface area (Å²) < 4.78 is 2.98. The summed E-state index contributed by atoms with van der Waals surface area (Å²) in [5.41, 5.74) is 2.14. The van der Waals surface area contributed by atoms with Gasteiger partial charge in [0.05, 0.1) is 23.0 Å².